The second kappa shape index (κ2) is 5.29. The molecule has 88 valence electrons. The van der Waals surface area contributed by atoms with Gasteiger partial charge >= 0.3 is 0 Å². The molecule has 0 bridgehead atoms. The molecule has 1 aromatic heterocycles. The van der Waals surface area contributed by atoms with E-state index in [1.165, 1.54) is 6.07 Å². The number of anilines is 1. The molecule has 0 aliphatic carbocycles. The average molecular weight is 224 g/mol. The summed E-state index contributed by atoms with van der Waals surface area (Å²) >= 11 is 0. The number of hydrogen-bond donors (Lipinski definition) is 2. The lowest BCUT2D eigenvalue weighted by Crippen LogP contribution is -2.28. The van der Waals surface area contributed by atoms with Crippen molar-refractivity contribution in [3.63, 3.8) is 0 Å². The van der Waals surface area contributed by atoms with Crippen molar-refractivity contribution >= 4 is 11.9 Å². The van der Waals surface area contributed by atoms with Crippen LogP contribution in [0.2, 0.25) is 0 Å². The van der Waals surface area contributed by atoms with E-state index in [0.29, 0.717) is 11.6 Å². The lowest BCUT2D eigenvalue weighted by atomic mass is 10.3. The highest BCUT2D eigenvalue weighted by molar-refractivity contribution is 5.76. The molecular weight excluding hydrogens is 208 g/mol. The zero-order valence-electron chi connectivity index (χ0n) is 9.49. The first-order chi connectivity index (χ1) is 7.56. The SMILES string of the molecule is CCN(CC)c1nc(CC(N)=O)cc(=O)[nH]1. The van der Waals surface area contributed by atoms with E-state index in [1.54, 1.807) is 0 Å². The molecule has 1 amide bonds. The molecular formula is C10H16N4O2. The Balaban J connectivity index is 3.06. The molecule has 0 radical (unpaired) electrons. The van der Waals surface area contributed by atoms with Gasteiger partial charge in [0.1, 0.15) is 0 Å². The number of nitrogens with zero attached hydrogens (tertiary/aromatic N) is 2. The van der Waals surface area contributed by atoms with Gasteiger partial charge < -0.3 is 10.6 Å². The number of hydrogen-bond acceptors (Lipinski definition) is 4. The van der Waals surface area contributed by atoms with Gasteiger partial charge in [0.2, 0.25) is 11.9 Å². The second-order valence-electron chi connectivity index (χ2n) is 3.38. The molecule has 0 spiro atoms. The number of nitrogens with one attached hydrogen (secondary N) is 1. The summed E-state index contributed by atoms with van der Waals surface area (Å²) in [6, 6.07) is 1.29. The van der Waals surface area contributed by atoms with Gasteiger partial charge in [0, 0.05) is 19.2 Å². The Morgan fingerprint density at radius 2 is 2.12 bits per heavy atom. The van der Waals surface area contributed by atoms with Crippen molar-refractivity contribution in [1.82, 2.24) is 9.97 Å². The fraction of sp³-hybridized carbons (Fsp3) is 0.500. The molecule has 6 heteroatoms. The maximum absolute atomic E-state index is 11.4. The van der Waals surface area contributed by atoms with Gasteiger partial charge in [0.15, 0.2) is 0 Å². The molecule has 0 aliphatic rings. The third kappa shape index (κ3) is 3.08. The van der Waals surface area contributed by atoms with Crippen molar-refractivity contribution in [2.75, 3.05) is 18.0 Å². The quantitative estimate of drug-likeness (QED) is 0.714. The summed E-state index contributed by atoms with van der Waals surface area (Å²) in [6.07, 6.45) is -0.0157. The number of primary amides is 1. The maximum Gasteiger partial charge on any atom is 0.252 e. The molecule has 0 fully saturated rings. The number of H-pyrrole nitrogens is 1. The van der Waals surface area contributed by atoms with Crippen LogP contribution in [0.1, 0.15) is 19.5 Å². The number of amides is 1. The van der Waals surface area contributed by atoms with Crippen LogP contribution in [0, 0.1) is 0 Å². The third-order valence-corrected chi connectivity index (χ3v) is 2.20. The zero-order valence-corrected chi connectivity index (χ0v) is 9.49. The summed E-state index contributed by atoms with van der Waals surface area (Å²) in [5, 5.41) is 0. The minimum atomic E-state index is -0.497. The number of carbonyl (C=O) groups excluding carboxylic acids is 1. The van der Waals surface area contributed by atoms with Crippen molar-refractivity contribution in [1.29, 1.82) is 0 Å². The highest BCUT2D eigenvalue weighted by Crippen LogP contribution is 2.04. The van der Waals surface area contributed by atoms with Gasteiger partial charge in [-0.3, -0.25) is 14.6 Å². The van der Waals surface area contributed by atoms with E-state index in [1.807, 2.05) is 18.7 Å². The molecule has 3 N–H and O–H groups in total. The van der Waals surface area contributed by atoms with Gasteiger partial charge in [-0.15, -0.1) is 0 Å². The summed E-state index contributed by atoms with van der Waals surface area (Å²) < 4.78 is 0. The topological polar surface area (TPSA) is 92.1 Å². The maximum atomic E-state index is 11.4. The summed E-state index contributed by atoms with van der Waals surface area (Å²) in [5.41, 5.74) is 5.19. The Labute approximate surface area is 93.5 Å². The number of carbonyl (C=O) groups is 1. The largest absolute Gasteiger partial charge is 0.369 e. The number of aromatic amines is 1. The summed E-state index contributed by atoms with van der Waals surface area (Å²) in [7, 11) is 0. The Bertz CT molecular complexity index is 423. The number of aromatic nitrogens is 2. The summed E-state index contributed by atoms with van der Waals surface area (Å²) in [6.45, 7) is 5.40. The van der Waals surface area contributed by atoms with E-state index in [-0.39, 0.29) is 12.0 Å². The van der Waals surface area contributed by atoms with E-state index in [0.717, 1.165) is 13.1 Å². The number of rotatable bonds is 5. The fourth-order valence-electron chi connectivity index (χ4n) is 1.44. The molecule has 0 atom stereocenters. The van der Waals surface area contributed by atoms with Crippen LogP contribution in [0.5, 0.6) is 0 Å². The highest BCUT2D eigenvalue weighted by Gasteiger charge is 2.08. The lowest BCUT2D eigenvalue weighted by Gasteiger charge is -2.19. The molecule has 0 unspecified atom stereocenters. The van der Waals surface area contributed by atoms with E-state index in [2.05, 4.69) is 9.97 Å². The molecule has 1 heterocycles. The third-order valence-electron chi connectivity index (χ3n) is 2.20. The highest BCUT2D eigenvalue weighted by atomic mass is 16.1. The van der Waals surface area contributed by atoms with Crippen LogP contribution in [-0.2, 0) is 11.2 Å². The smallest absolute Gasteiger partial charge is 0.252 e. The van der Waals surface area contributed by atoms with Gasteiger partial charge in [-0.1, -0.05) is 0 Å². The van der Waals surface area contributed by atoms with E-state index in [9.17, 15) is 9.59 Å². The Hall–Kier alpha value is -1.85. The van der Waals surface area contributed by atoms with Crippen LogP contribution in [0.4, 0.5) is 5.95 Å². The average Bonchev–Trinajstić information content (AvgIpc) is 2.17. The Kier molecular flexibility index (Phi) is 4.04. The molecule has 6 nitrogen and oxygen atoms in total. The predicted molar refractivity (Wildman–Crippen MR) is 61.3 cm³/mol. The van der Waals surface area contributed by atoms with Gasteiger partial charge in [-0.05, 0) is 13.8 Å². The van der Waals surface area contributed by atoms with Gasteiger partial charge in [0.05, 0.1) is 12.1 Å². The van der Waals surface area contributed by atoms with E-state index in [4.69, 9.17) is 5.73 Å². The lowest BCUT2D eigenvalue weighted by molar-refractivity contribution is -0.117. The molecule has 0 saturated carbocycles. The van der Waals surface area contributed by atoms with Crippen molar-refractivity contribution < 1.29 is 4.79 Å². The van der Waals surface area contributed by atoms with Gasteiger partial charge in [-0.25, -0.2) is 4.98 Å². The summed E-state index contributed by atoms with van der Waals surface area (Å²) in [5.74, 6) is -0.0163. The first-order valence-corrected chi connectivity index (χ1v) is 5.20. The minimum absolute atomic E-state index is 0.0157. The van der Waals surface area contributed by atoms with Crippen LogP contribution < -0.4 is 16.2 Å². The van der Waals surface area contributed by atoms with Crippen LogP contribution in [-0.4, -0.2) is 29.0 Å². The van der Waals surface area contributed by atoms with Gasteiger partial charge in [-0.2, -0.15) is 0 Å². The zero-order chi connectivity index (χ0) is 12.1. The van der Waals surface area contributed by atoms with Gasteiger partial charge in [0.25, 0.3) is 5.56 Å². The van der Waals surface area contributed by atoms with Crippen LogP contribution in [0.15, 0.2) is 10.9 Å². The normalized spacial score (nSPS) is 10.1. The minimum Gasteiger partial charge on any atom is -0.369 e. The van der Waals surface area contributed by atoms with Crippen LogP contribution >= 0.6 is 0 Å². The van der Waals surface area contributed by atoms with Crippen LogP contribution in [0.25, 0.3) is 0 Å². The van der Waals surface area contributed by atoms with Crippen molar-refractivity contribution in [2.24, 2.45) is 5.73 Å². The van der Waals surface area contributed by atoms with Crippen LogP contribution in [0.3, 0.4) is 0 Å². The molecule has 1 aromatic rings. The fourth-order valence-corrected chi connectivity index (χ4v) is 1.44. The number of nitrogens with two attached hydrogens (primary N) is 1. The molecule has 0 saturated heterocycles. The molecule has 16 heavy (non-hydrogen) atoms. The molecule has 0 aliphatic heterocycles. The van der Waals surface area contributed by atoms with Crippen molar-refractivity contribution in [3.8, 4) is 0 Å². The molecule has 1 rings (SSSR count). The first kappa shape index (κ1) is 12.2. The Morgan fingerprint density at radius 3 is 2.62 bits per heavy atom. The van der Waals surface area contributed by atoms with Crippen molar-refractivity contribution in [2.45, 2.75) is 20.3 Å². The van der Waals surface area contributed by atoms with E-state index >= 15 is 0 Å². The van der Waals surface area contributed by atoms with E-state index < -0.39 is 5.91 Å². The molecule has 0 aromatic carbocycles. The standard InChI is InChI=1S/C10H16N4O2/c1-3-14(4-2)10-12-7(5-8(11)15)6-9(16)13-10/h6H,3-5H2,1-2H3,(H2,11,15)(H,12,13,16). The predicted octanol–water partition coefficient (Wildman–Crippen LogP) is -0.356. The Morgan fingerprint density at radius 1 is 1.50 bits per heavy atom. The summed E-state index contributed by atoms with van der Waals surface area (Å²) in [4.78, 5) is 30.8. The van der Waals surface area contributed by atoms with Crippen molar-refractivity contribution in [3.05, 3.63) is 22.1 Å². The first-order valence-electron chi connectivity index (χ1n) is 5.20. The monoisotopic (exact) mass is 224 g/mol. The second-order valence-corrected chi connectivity index (χ2v) is 3.38.